The third-order valence-electron chi connectivity index (χ3n) is 8.21. The third kappa shape index (κ3) is 16.3. The molecule has 61 heavy (non-hydrogen) atoms. The van der Waals surface area contributed by atoms with E-state index in [4.69, 9.17) is 105 Å². The van der Waals surface area contributed by atoms with Gasteiger partial charge in [0.2, 0.25) is 0 Å². The van der Waals surface area contributed by atoms with Crippen LogP contribution in [0.25, 0.3) is 11.3 Å². The monoisotopic (exact) mass is 1010 g/mol. The Kier molecular flexibility index (Phi) is 21.6. The molecule has 6 aromatic rings. The maximum Gasteiger partial charge on any atom is 0.177 e. The van der Waals surface area contributed by atoms with Gasteiger partial charge in [0.05, 0.1) is 69.5 Å². The summed E-state index contributed by atoms with van der Waals surface area (Å²) in [5, 5.41) is 19.3. The third-order valence-corrected chi connectivity index (χ3v) is 10.5. The number of methoxy groups -OCH3 is 4. The minimum absolute atomic E-state index is 0.00972. The Morgan fingerprint density at radius 2 is 1.23 bits per heavy atom. The number of carbonyl (C=O) groups is 1. The van der Waals surface area contributed by atoms with E-state index in [0.717, 1.165) is 39.5 Å². The SMILES string of the molecule is COc1ccc(-c2cnc(Cc3ccc(Cl)cc3Cl)[nH]2)c(OC)c1.COc1ccc(C(=O)CBr)c(OC)c1.N#CCc1ccc(Cl)cc1Cl.N=C(N)Cc1ccc(Cl)cc1Cl. The lowest BCUT2D eigenvalue weighted by atomic mass is 10.1. The summed E-state index contributed by atoms with van der Waals surface area (Å²) in [5.74, 6) is 3.56. The van der Waals surface area contributed by atoms with Gasteiger partial charge in [-0.15, -0.1) is 0 Å². The molecule has 0 radical (unpaired) electrons. The highest BCUT2D eigenvalue weighted by Gasteiger charge is 2.13. The predicted octanol–water partition coefficient (Wildman–Crippen LogP) is 12.8. The fourth-order valence-corrected chi connectivity index (χ4v) is 6.90. The van der Waals surface area contributed by atoms with Crippen molar-refractivity contribution in [1.29, 1.82) is 10.7 Å². The number of alkyl halides is 1. The Morgan fingerprint density at radius 3 is 1.70 bits per heavy atom. The number of ketones is 1. The number of nitriles is 1. The first-order valence-electron chi connectivity index (χ1n) is 17.8. The topological polar surface area (TPSA) is 156 Å². The Balaban J connectivity index is 0.000000231. The van der Waals surface area contributed by atoms with Crippen LogP contribution in [0.4, 0.5) is 0 Å². The van der Waals surface area contributed by atoms with Crippen molar-refractivity contribution in [3.63, 3.8) is 0 Å². The second-order valence-electron chi connectivity index (χ2n) is 12.4. The molecule has 0 amide bonds. The van der Waals surface area contributed by atoms with Gasteiger partial charge in [0.1, 0.15) is 28.8 Å². The molecular weight excluding hydrogens is 971 g/mol. The van der Waals surface area contributed by atoms with E-state index in [9.17, 15) is 4.79 Å². The second-order valence-corrected chi connectivity index (χ2v) is 15.4. The van der Waals surface area contributed by atoms with Crippen LogP contribution in [-0.4, -0.2) is 55.4 Å². The highest BCUT2D eigenvalue weighted by atomic mass is 79.9. The predicted molar refractivity (Wildman–Crippen MR) is 252 cm³/mol. The molecule has 0 spiro atoms. The highest BCUT2D eigenvalue weighted by Crippen LogP contribution is 2.33. The van der Waals surface area contributed by atoms with Crippen LogP contribution in [0.1, 0.15) is 32.9 Å². The van der Waals surface area contributed by atoms with E-state index in [1.165, 1.54) is 7.11 Å². The zero-order valence-electron chi connectivity index (χ0n) is 33.2. The number of aromatic amines is 1. The minimum atomic E-state index is -0.00972. The lowest BCUT2D eigenvalue weighted by Gasteiger charge is -2.08. The van der Waals surface area contributed by atoms with Crippen LogP contribution in [-0.2, 0) is 19.3 Å². The van der Waals surface area contributed by atoms with Crippen LogP contribution in [0, 0.1) is 16.7 Å². The normalized spacial score (nSPS) is 10.0. The number of benzene rings is 5. The van der Waals surface area contributed by atoms with Gasteiger partial charge in [0, 0.05) is 60.7 Å². The molecule has 17 heteroatoms. The lowest BCUT2D eigenvalue weighted by molar-refractivity contribution is 0.102. The maximum absolute atomic E-state index is 11.4. The molecule has 10 nitrogen and oxygen atoms in total. The number of hydrogen-bond acceptors (Lipinski definition) is 8. The summed E-state index contributed by atoms with van der Waals surface area (Å²) < 4.78 is 20.8. The van der Waals surface area contributed by atoms with Crippen molar-refractivity contribution in [2.45, 2.75) is 19.3 Å². The van der Waals surface area contributed by atoms with Crippen molar-refractivity contribution in [1.82, 2.24) is 9.97 Å². The summed E-state index contributed by atoms with van der Waals surface area (Å²) in [6.07, 6.45) is 3.07. The van der Waals surface area contributed by atoms with Gasteiger partial charge in [-0.3, -0.25) is 10.2 Å². The van der Waals surface area contributed by atoms with Gasteiger partial charge in [0.25, 0.3) is 0 Å². The van der Waals surface area contributed by atoms with Crippen LogP contribution >= 0.6 is 85.5 Å². The van der Waals surface area contributed by atoms with E-state index in [0.29, 0.717) is 72.2 Å². The summed E-state index contributed by atoms with van der Waals surface area (Å²) in [6, 6.07) is 28.5. The first-order valence-corrected chi connectivity index (χ1v) is 21.1. The summed E-state index contributed by atoms with van der Waals surface area (Å²) in [6.45, 7) is 0. The summed E-state index contributed by atoms with van der Waals surface area (Å²) in [7, 11) is 6.35. The van der Waals surface area contributed by atoms with Gasteiger partial charge in [-0.25, -0.2) is 4.98 Å². The quantitative estimate of drug-likeness (QED) is 0.0473. The largest absolute Gasteiger partial charge is 0.497 e. The Hall–Kier alpha value is -4.64. The summed E-state index contributed by atoms with van der Waals surface area (Å²) >= 11 is 38.2. The van der Waals surface area contributed by atoms with Crippen LogP contribution in [0.3, 0.4) is 0 Å². The first kappa shape index (κ1) is 50.7. The average molecular weight is 1010 g/mol. The molecule has 4 N–H and O–H groups in total. The first-order chi connectivity index (χ1) is 29.2. The summed E-state index contributed by atoms with van der Waals surface area (Å²) in [4.78, 5) is 19.2. The molecule has 6 rings (SSSR count). The molecule has 0 aliphatic rings. The van der Waals surface area contributed by atoms with E-state index in [1.54, 1.807) is 88.2 Å². The van der Waals surface area contributed by atoms with Crippen molar-refractivity contribution in [2.24, 2.45) is 5.73 Å². The number of rotatable bonds is 12. The Morgan fingerprint density at radius 1 is 0.721 bits per heavy atom. The number of carbonyl (C=O) groups excluding carboxylic acids is 1. The van der Waals surface area contributed by atoms with Crippen molar-refractivity contribution < 1.29 is 23.7 Å². The average Bonchev–Trinajstić information content (AvgIpc) is 3.72. The van der Waals surface area contributed by atoms with Gasteiger partial charge in [0.15, 0.2) is 5.78 Å². The number of nitrogens with zero attached hydrogens (tertiary/aromatic N) is 2. The molecule has 0 fully saturated rings. The van der Waals surface area contributed by atoms with Gasteiger partial charge in [-0.05, 0) is 77.4 Å². The molecule has 320 valence electrons. The number of imidazole rings is 1. The van der Waals surface area contributed by atoms with Crippen molar-refractivity contribution in [3.05, 3.63) is 155 Å². The van der Waals surface area contributed by atoms with E-state index in [2.05, 4.69) is 25.9 Å². The standard InChI is InChI=1S/C18H16Cl2N2O2.C10H11BrO3.C8H8Cl2N2.C8H5Cl2N/c1-23-13-5-6-14(17(9-13)24-2)16-10-21-18(22-16)7-11-3-4-12(19)8-15(11)20;1-13-7-3-4-8(9(12)6-11)10(5-7)14-2;9-6-2-1-5(3-8(11)12)7(10)4-6;9-7-2-1-6(3-4-11)8(10)5-7/h3-6,8-10H,7H2,1-2H3,(H,21,22);3-5H,6H2,1-2H3;1-2,4H,3H2,(H3,11,12);1-2,5H,3H2. The van der Waals surface area contributed by atoms with Crippen molar-refractivity contribution in [2.75, 3.05) is 33.8 Å². The number of aromatic nitrogens is 2. The number of nitrogens with one attached hydrogen (secondary N) is 2. The van der Waals surface area contributed by atoms with E-state index in [-0.39, 0.29) is 16.9 Å². The highest BCUT2D eigenvalue weighted by molar-refractivity contribution is 9.09. The van der Waals surface area contributed by atoms with Crippen LogP contribution in [0.5, 0.6) is 23.0 Å². The lowest BCUT2D eigenvalue weighted by Crippen LogP contribution is -2.12. The molecule has 0 saturated heterocycles. The van der Waals surface area contributed by atoms with E-state index >= 15 is 0 Å². The smallest absolute Gasteiger partial charge is 0.177 e. The van der Waals surface area contributed by atoms with Crippen molar-refractivity contribution >= 4 is 97.2 Å². The Bertz CT molecular complexity index is 2460. The van der Waals surface area contributed by atoms with Crippen LogP contribution in [0.15, 0.2) is 97.2 Å². The number of halogens is 7. The summed E-state index contributed by atoms with van der Waals surface area (Å²) in [5.41, 5.74) is 10.2. The fraction of sp³-hybridized carbons (Fsp3) is 0.182. The van der Waals surface area contributed by atoms with Crippen LogP contribution < -0.4 is 24.7 Å². The van der Waals surface area contributed by atoms with Gasteiger partial charge >= 0.3 is 0 Å². The molecule has 0 aliphatic carbocycles. The zero-order valence-corrected chi connectivity index (χ0v) is 39.3. The fourth-order valence-electron chi connectivity index (χ4n) is 5.18. The molecule has 0 bridgehead atoms. The Labute approximate surface area is 393 Å². The maximum atomic E-state index is 11.4. The molecule has 0 saturated carbocycles. The molecule has 0 aliphatic heterocycles. The number of amidine groups is 1. The van der Waals surface area contributed by atoms with Crippen LogP contribution in [0.2, 0.25) is 30.1 Å². The number of H-pyrrole nitrogens is 1. The molecule has 0 unspecified atom stereocenters. The van der Waals surface area contributed by atoms with Crippen molar-refractivity contribution in [3.8, 4) is 40.3 Å². The molecule has 5 aromatic carbocycles. The number of nitrogens with two attached hydrogens (primary N) is 1. The second kappa shape index (κ2) is 26.0. The van der Waals surface area contributed by atoms with Gasteiger partial charge < -0.3 is 29.7 Å². The van der Waals surface area contributed by atoms with E-state index < -0.39 is 0 Å². The van der Waals surface area contributed by atoms with Gasteiger partial charge in [-0.2, -0.15) is 5.26 Å². The number of ether oxygens (including phenoxy) is 4. The van der Waals surface area contributed by atoms with E-state index in [1.807, 2.05) is 36.4 Å². The molecular formula is C44H40BrCl6N5O5. The van der Waals surface area contributed by atoms with Gasteiger partial charge in [-0.1, -0.05) is 104 Å². The minimum Gasteiger partial charge on any atom is -0.497 e. The molecule has 1 heterocycles. The number of hydrogen-bond donors (Lipinski definition) is 3. The number of Topliss-reactive ketones (excluding diaryl/α,β-unsaturated/α-hetero) is 1. The molecule has 1 aromatic heterocycles. The molecule has 0 atom stereocenters. The zero-order chi connectivity index (χ0) is 45.1.